The molecule has 0 saturated carbocycles. The molecule has 1 aromatic rings. The third-order valence-corrected chi connectivity index (χ3v) is 4.91. The summed E-state index contributed by atoms with van der Waals surface area (Å²) in [5, 5.41) is 3.62. The van der Waals surface area contributed by atoms with Crippen molar-refractivity contribution < 1.29 is 9.53 Å². The standard InChI is InChI=1S/C16H23ClN2O2S/c1-13(22-15-5-3-14(17)4-6-15)16(20)18-7-2-8-19-9-11-21-12-10-19/h3-6,13H,2,7-12H2,1H3,(H,18,20)/t13-/m0/s1. The van der Waals surface area contributed by atoms with Crippen LogP contribution in [0.4, 0.5) is 0 Å². The molecule has 1 aliphatic heterocycles. The normalized spacial score (nSPS) is 17.2. The zero-order chi connectivity index (χ0) is 15.8. The van der Waals surface area contributed by atoms with Crippen molar-refractivity contribution in [3.8, 4) is 0 Å². The maximum atomic E-state index is 12.1. The summed E-state index contributed by atoms with van der Waals surface area (Å²) in [6.07, 6.45) is 0.976. The fourth-order valence-corrected chi connectivity index (χ4v) is 3.27. The molecule has 0 unspecified atom stereocenters. The molecule has 1 saturated heterocycles. The first kappa shape index (κ1) is 17.6. The number of thioether (sulfide) groups is 1. The van der Waals surface area contributed by atoms with Crippen molar-refractivity contribution in [2.45, 2.75) is 23.5 Å². The summed E-state index contributed by atoms with van der Waals surface area (Å²) >= 11 is 7.41. The molecule has 1 fully saturated rings. The minimum Gasteiger partial charge on any atom is -0.379 e. The van der Waals surface area contributed by atoms with E-state index in [4.69, 9.17) is 16.3 Å². The van der Waals surface area contributed by atoms with Crippen molar-refractivity contribution in [3.05, 3.63) is 29.3 Å². The van der Waals surface area contributed by atoms with Crippen molar-refractivity contribution in [2.24, 2.45) is 0 Å². The van der Waals surface area contributed by atoms with Gasteiger partial charge in [-0.05, 0) is 44.2 Å². The van der Waals surface area contributed by atoms with Crippen LogP contribution in [0.25, 0.3) is 0 Å². The van der Waals surface area contributed by atoms with Crippen molar-refractivity contribution in [2.75, 3.05) is 39.4 Å². The number of benzene rings is 1. The van der Waals surface area contributed by atoms with Crippen LogP contribution in [-0.2, 0) is 9.53 Å². The molecule has 22 heavy (non-hydrogen) atoms. The maximum absolute atomic E-state index is 12.1. The zero-order valence-corrected chi connectivity index (χ0v) is 14.5. The first-order valence-corrected chi connectivity index (χ1v) is 8.91. The Labute approximate surface area is 141 Å². The summed E-state index contributed by atoms with van der Waals surface area (Å²) in [6, 6.07) is 7.57. The lowest BCUT2D eigenvalue weighted by molar-refractivity contribution is -0.120. The van der Waals surface area contributed by atoms with E-state index in [9.17, 15) is 4.79 Å². The third kappa shape index (κ3) is 6.16. The van der Waals surface area contributed by atoms with Crippen molar-refractivity contribution in [1.82, 2.24) is 10.2 Å². The van der Waals surface area contributed by atoms with Gasteiger partial charge in [0.2, 0.25) is 5.91 Å². The number of ether oxygens (including phenoxy) is 1. The number of carbonyl (C=O) groups excluding carboxylic acids is 1. The minimum absolute atomic E-state index is 0.0851. The Kier molecular flexibility index (Phi) is 7.52. The second-order valence-corrected chi connectivity index (χ2v) is 7.16. The molecule has 6 heteroatoms. The Balaban J connectivity index is 1.62. The number of amides is 1. The highest BCUT2D eigenvalue weighted by atomic mass is 35.5. The van der Waals surface area contributed by atoms with Gasteiger partial charge in [-0.3, -0.25) is 9.69 Å². The third-order valence-electron chi connectivity index (χ3n) is 3.55. The van der Waals surface area contributed by atoms with Crippen molar-refractivity contribution in [1.29, 1.82) is 0 Å². The SMILES string of the molecule is C[C@H](Sc1ccc(Cl)cc1)C(=O)NCCCN1CCOCC1. The van der Waals surface area contributed by atoms with Crippen LogP contribution >= 0.6 is 23.4 Å². The smallest absolute Gasteiger partial charge is 0.233 e. The highest BCUT2D eigenvalue weighted by Gasteiger charge is 2.14. The zero-order valence-electron chi connectivity index (χ0n) is 12.9. The quantitative estimate of drug-likeness (QED) is 0.611. The lowest BCUT2D eigenvalue weighted by Gasteiger charge is -2.26. The molecule has 0 aliphatic carbocycles. The topological polar surface area (TPSA) is 41.6 Å². The second kappa shape index (κ2) is 9.40. The van der Waals surface area contributed by atoms with Crippen molar-refractivity contribution >= 4 is 29.3 Å². The monoisotopic (exact) mass is 342 g/mol. The molecule has 1 atom stereocenters. The van der Waals surface area contributed by atoms with Crippen LogP contribution in [0.3, 0.4) is 0 Å². The molecular weight excluding hydrogens is 320 g/mol. The molecule has 0 aromatic heterocycles. The summed E-state index contributed by atoms with van der Waals surface area (Å²) in [7, 11) is 0. The number of hydrogen-bond acceptors (Lipinski definition) is 4. The minimum atomic E-state index is -0.107. The molecule has 1 N–H and O–H groups in total. The number of carbonyl (C=O) groups is 1. The summed E-state index contributed by atoms with van der Waals surface area (Å²) in [5.41, 5.74) is 0. The number of hydrogen-bond donors (Lipinski definition) is 1. The van der Waals surface area contributed by atoms with Gasteiger partial charge < -0.3 is 10.1 Å². The lowest BCUT2D eigenvalue weighted by atomic mass is 10.3. The number of nitrogens with zero attached hydrogens (tertiary/aromatic N) is 1. The largest absolute Gasteiger partial charge is 0.379 e. The van der Waals surface area contributed by atoms with Gasteiger partial charge >= 0.3 is 0 Å². The van der Waals surface area contributed by atoms with E-state index >= 15 is 0 Å². The highest BCUT2D eigenvalue weighted by molar-refractivity contribution is 8.00. The molecule has 1 amide bonds. The van der Waals surface area contributed by atoms with Gasteiger partial charge in [0.1, 0.15) is 0 Å². The van der Waals surface area contributed by atoms with Gasteiger partial charge in [0.05, 0.1) is 18.5 Å². The van der Waals surface area contributed by atoms with Crippen LogP contribution < -0.4 is 5.32 Å². The van der Waals surface area contributed by atoms with E-state index in [0.717, 1.165) is 50.7 Å². The molecule has 1 aliphatic rings. The predicted molar refractivity (Wildman–Crippen MR) is 91.7 cm³/mol. The van der Waals surface area contributed by atoms with Gasteiger partial charge in [0.15, 0.2) is 0 Å². The van der Waals surface area contributed by atoms with Gasteiger partial charge in [0, 0.05) is 29.6 Å². The van der Waals surface area contributed by atoms with E-state index in [0.29, 0.717) is 5.02 Å². The van der Waals surface area contributed by atoms with E-state index in [1.165, 1.54) is 0 Å². The fraction of sp³-hybridized carbons (Fsp3) is 0.562. The van der Waals surface area contributed by atoms with Gasteiger partial charge in [-0.15, -0.1) is 11.8 Å². The molecule has 0 spiro atoms. The van der Waals surface area contributed by atoms with Crippen LogP contribution in [0.1, 0.15) is 13.3 Å². The molecule has 1 heterocycles. The van der Waals surface area contributed by atoms with Gasteiger partial charge in [-0.2, -0.15) is 0 Å². The lowest BCUT2D eigenvalue weighted by Crippen LogP contribution is -2.38. The van der Waals surface area contributed by atoms with Crippen molar-refractivity contribution in [3.63, 3.8) is 0 Å². The Hall–Kier alpha value is -0.750. The summed E-state index contributed by atoms with van der Waals surface area (Å²) in [5.74, 6) is 0.0851. The first-order chi connectivity index (χ1) is 10.6. The Morgan fingerprint density at radius 3 is 2.73 bits per heavy atom. The number of halogens is 1. The predicted octanol–water partition coefficient (Wildman–Crippen LogP) is 2.66. The molecule has 1 aromatic carbocycles. The molecular formula is C16H23ClN2O2S. The summed E-state index contributed by atoms with van der Waals surface area (Å²) in [4.78, 5) is 15.5. The highest BCUT2D eigenvalue weighted by Crippen LogP contribution is 2.24. The Morgan fingerprint density at radius 1 is 1.36 bits per heavy atom. The number of morpholine rings is 1. The Bertz CT molecular complexity index is 464. The number of nitrogens with one attached hydrogen (secondary N) is 1. The molecule has 0 bridgehead atoms. The van der Waals surface area contributed by atoms with Gasteiger partial charge in [-0.1, -0.05) is 11.6 Å². The van der Waals surface area contributed by atoms with Crippen LogP contribution in [0.5, 0.6) is 0 Å². The van der Waals surface area contributed by atoms with Gasteiger partial charge in [-0.25, -0.2) is 0 Å². The average molecular weight is 343 g/mol. The second-order valence-electron chi connectivity index (χ2n) is 5.31. The van der Waals surface area contributed by atoms with Gasteiger partial charge in [0.25, 0.3) is 0 Å². The van der Waals surface area contributed by atoms with Crippen LogP contribution in [0.2, 0.25) is 5.02 Å². The fourth-order valence-electron chi connectivity index (χ4n) is 2.25. The summed E-state index contributed by atoms with van der Waals surface area (Å²) < 4.78 is 5.32. The van der Waals surface area contributed by atoms with Crippen LogP contribution in [0, 0.1) is 0 Å². The summed E-state index contributed by atoms with van der Waals surface area (Å²) in [6.45, 7) is 7.30. The van der Waals surface area contributed by atoms with E-state index in [2.05, 4.69) is 10.2 Å². The van der Waals surface area contributed by atoms with E-state index in [1.807, 2.05) is 31.2 Å². The maximum Gasteiger partial charge on any atom is 0.233 e. The molecule has 2 rings (SSSR count). The number of rotatable bonds is 7. The molecule has 0 radical (unpaired) electrons. The molecule has 4 nitrogen and oxygen atoms in total. The average Bonchev–Trinajstić information content (AvgIpc) is 2.54. The Morgan fingerprint density at radius 2 is 2.05 bits per heavy atom. The molecule has 122 valence electrons. The van der Waals surface area contributed by atoms with E-state index in [-0.39, 0.29) is 11.2 Å². The van der Waals surface area contributed by atoms with E-state index < -0.39 is 0 Å². The first-order valence-electron chi connectivity index (χ1n) is 7.65. The van der Waals surface area contributed by atoms with E-state index in [1.54, 1.807) is 11.8 Å². The van der Waals surface area contributed by atoms with Crippen LogP contribution in [0.15, 0.2) is 29.2 Å². The van der Waals surface area contributed by atoms with Crippen LogP contribution in [-0.4, -0.2) is 55.4 Å².